The third kappa shape index (κ3) is 5.24. The first-order chi connectivity index (χ1) is 16.3. The lowest BCUT2D eigenvalue weighted by Gasteiger charge is -2.40. The first kappa shape index (κ1) is 24.6. The Bertz CT molecular complexity index is 1050. The van der Waals surface area contributed by atoms with Crippen molar-refractivity contribution in [2.75, 3.05) is 19.7 Å². The van der Waals surface area contributed by atoms with Crippen LogP contribution in [0.15, 0.2) is 46.9 Å². The Kier molecular flexibility index (Phi) is 7.51. The zero-order valence-electron chi connectivity index (χ0n) is 20.0. The summed E-state index contributed by atoms with van der Waals surface area (Å²) in [4.78, 5) is 26.3. The number of hydrogen-bond acceptors (Lipinski definition) is 5. The van der Waals surface area contributed by atoms with Crippen LogP contribution >= 0.6 is 15.9 Å². The predicted molar refractivity (Wildman–Crippen MR) is 133 cm³/mol. The minimum Gasteiger partial charge on any atom is -0.485 e. The molecule has 1 heterocycles. The summed E-state index contributed by atoms with van der Waals surface area (Å²) in [5.74, 6) is 0.451. The quantitative estimate of drug-likeness (QED) is 0.432. The first-order valence-corrected chi connectivity index (χ1v) is 12.8. The van der Waals surface area contributed by atoms with Crippen molar-refractivity contribution >= 4 is 28.0 Å². The normalized spacial score (nSPS) is 18.6. The number of nitrogens with zero attached hydrogens (tertiary/aromatic N) is 1. The molecule has 2 aromatic carbocycles. The van der Waals surface area contributed by atoms with Gasteiger partial charge in [0.15, 0.2) is 0 Å². The molecule has 1 fully saturated rings. The van der Waals surface area contributed by atoms with Crippen molar-refractivity contribution in [1.29, 1.82) is 0 Å². The van der Waals surface area contributed by atoms with Crippen LogP contribution in [0.4, 0.5) is 4.79 Å². The average molecular weight is 530 g/mol. The fraction of sp³-hybridized carbons (Fsp3) is 0.481. The van der Waals surface area contributed by atoms with Gasteiger partial charge in [-0.05, 0) is 69.4 Å². The minimum atomic E-state index is -0.259. The van der Waals surface area contributed by atoms with E-state index in [-0.39, 0.29) is 36.1 Å². The summed E-state index contributed by atoms with van der Waals surface area (Å²) in [6.45, 7) is 7.23. The fourth-order valence-electron chi connectivity index (χ4n) is 5.12. The molecule has 2 aromatic rings. The van der Waals surface area contributed by atoms with Gasteiger partial charge in [0.05, 0.1) is 19.1 Å². The van der Waals surface area contributed by atoms with E-state index in [1.165, 1.54) is 11.1 Å². The van der Waals surface area contributed by atoms with E-state index < -0.39 is 0 Å². The molecule has 0 bridgehead atoms. The van der Waals surface area contributed by atoms with E-state index in [4.69, 9.17) is 14.2 Å². The van der Waals surface area contributed by atoms with Crippen molar-refractivity contribution in [3.63, 3.8) is 0 Å². The SMILES string of the molecule is CCOC(=O)Cc1ccccc1OC1CC2(CCN(C(=O)OC(C)C)CC2)c2ccc(Br)cc21. The molecular weight excluding hydrogens is 498 g/mol. The number of benzene rings is 2. The van der Waals surface area contributed by atoms with Gasteiger partial charge in [-0.2, -0.15) is 0 Å². The molecule has 182 valence electrons. The van der Waals surface area contributed by atoms with Crippen LogP contribution in [-0.2, 0) is 26.1 Å². The Hall–Kier alpha value is -2.54. The lowest BCUT2D eigenvalue weighted by Crippen LogP contribution is -2.45. The fourth-order valence-corrected chi connectivity index (χ4v) is 5.49. The van der Waals surface area contributed by atoms with E-state index in [0.717, 1.165) is 29.3 Å². The minimum absolute atomic E-state index is 0.0502. The Morgan fingerprint density at radius 1 is 1.15 bits per heavy atom. The van der Waals surface area contributed by atoms with Gasteiger partial charge >= 0.3 is 12.1 Å². The molecule has 2 aliphatic rings. The van der Waals surface area contributed by atoms with Gasteiger partial charge in [0.1, 0.15) is 11.9 Å². The maximum atomic E-state index is 12.4. The van der Waals surface area contributed by atoms with Crippen molar-refractivity contribution in [3.8, 4) is 5.75 Å². The Balaban J connectivity index is 1.55. The van der Waals surface area contributed by atoms with Crippen LogP contribution in [0.2, 0.25) is 0 Å². The van der Waals surface area contributed by atoms with Crippen LogP contribution < -0.4 is 4.74 Å². The highest BCUT2D eigenvalue weighted by Crippen LogP contribution is 2.53. The smallest absolute Gasteiger partial charge is 0.410 e. The van der Waals surface area contributed by atoms with Gasteiger partial charge in [-0.3, -0.25) is 4.79 Å². The summed E-state index contributed by atoms with van der Waals surface area (Å²) in [5, 5.41) is 0. The van der Waals surface area contributed by atoms with Gasteiger partial charge in [-0.1, -0.05) is 40.2 Å². The van der Waals surface area contributed by atoms with E-state index >= 15 is 0 Å². The number of rotatable bonds is 6. The van der Waals surface area contributed by atoms with Crippen molar-refractivity contribution in [2.24, 2.45) is 0 Å². The number of halogens is 1. The van der Waals surface area contributed by atoms with Crippen LogP contribution in [0.3, 0.4) is 0 Å². The number of piperidine rings is 1. The third-order valence-electron chi connectivity index (χ3n) is 6.71. The van der Waals surface area contributed by atoms with E-state index in [2.05, 4.69) is 34.1 Å². The van der Waals surface area contributed by atoms with Crippen LogP contribution in [0.1, 0.15) is 62.8 Å². The molecule has 7 heteroatoms. The van der Waals surface area contributed by atoms with E-state index in [1.807, 2.05) is 43.0 Å². The topological polar surface area (TPSA) is 65.1 Å². The molecule has 0 radical (unpaired) electrons. The summed E-state index contributed by atoms with van der Waals surface area (Å²) < 4.78 is 18.1. The van der Waals surface area contributed by atoms with Crippen molar-refractivity contribution in [3.05, 3.63) is 63.6 Å². The van der Waals surface area contributed by atoms with Crippen LogP contribution in [0.5, 0.6) is 5.75 Å². The molecule has 1 amide bonds. The zero-order chi connectivity index (χ0) is 24.3. The number of ether oxygens (including phenoxy) is 3. The lowest BCUT2D eigenvalue weighted by molar-refractivity contribution is -0.142. The molecule has 1 unspecified atom stereocenters. The second kappa shape index (κ2) is 10.4. The van der Waals surface area contributed by atoms with Crippen LogP contribution in [0, 0.1) is 0 Å². The van der Waals surface area contributed by atoms with Gasteiger partial charge in [-0.15, -0.1) is 0 Å². The summed E-state index contributed by atoms with van der Waals surface area (Å²) in [6, 6.07) is 14.1. The molecular formula is C27H32BrNO5. The second-order valence-electron chi connectivity index (χ2n) is 9.33. The van der Waals surface area contributed by atoms with Crippen LogP contribution in [-0.4, -0.2) is 42.8 Å². The highest BCUT2D eigenvalue weighted by Gasteiger charge is 2.47. The summed E-state index contributed by atoms with van der Waals surface area (Å²) in [7, 11) is 0. The molecule has 0 N–H and O–H groups in total. The Labute approximate surface area is 209 Å². The predicted octanol–water partition coefficient (Wildman–Crippen LogP) is 5.96. The lowest BCUT2D eigenvalue weighted by atomic mass is 9.74. The van der Waals surface area contributed by atoms with Gasteiger partial charge in [0.2, 0.25) is 0 Å². The standard InChI is InChI=1S/C27H32BrNO5/c1-4-32-25(30)15-19-7-5-6-8-23(19)34-24-17-27(22-10-9-20(28)16-21(22)24)11-13-29(14-12-27)26(31)33-18(2)3/h5-10,16,18,24H,4,11-15,17H2,1-3H3. The van der Waals surface area contributed by atoms with Crippen LogP contribution in [0.25, 0.3) is 0 Å². The Morgan fingerprint density at radius 2 is 1.88 bits per heavy atom. The van der Waals surface area contributed by atoms with E-state index in [1.54, 1.807) is 6.92 Å². The first-order valence-electron chi connectivity index (χ1n) is 12.0. The maximum Gasteiger partial charge on any atom is 0.410 e. The molecule has 4 rings (SSSR count). The van der Waals surface area contributed by atoms with Gasteiger partial charge in [0, 0.05) is 28.5 Å². The van der Waals surface area contributed by atoms with Gasteiger partial charge in [0.25, 0.3) is 0 Å². The molecule has 6 nitrogen and oxygen atoms in total. The van der Waals surface area contributed by atoms with Gasteiger partial charge < -0.3 is 19.1 Å². The van der Waals surface area contributed by atoms with E-state index in [0.29, 0.717) is 25.4 Å². The highest BCUT2D eigenvalue weighted by molar-refractivity contribution is 9.10. The number of carbonyl (C=O) groups excluding carboxylic acids is 2. The summed E-state index contributed by atoms with van der Waals surface area (Å²) in [5.41, 5.74) is 3.23. The second-order valence-corrected chi connectivity index (χ2v) is 10.2. The Morgan fingerprint density at radius 3 is 2.59 bits per heavy atom. The molecule has 34 heavy (non-hydrogen) atoms. The largest absolute Gasteiger partial charge is 0.485 e. The van der Waals surface area contributed by atoms with E-state index in [9.17, 15) is 9.59 Å². The molecule has 1 saturated heterocycles. The monoisotopic (exact) mass is 529 g/mol. The maximum absolute atomic E-state index is 12.4. The van der Waals surface area contributed by atoms with Crippen molar-refractivity contribution in [1.82, 2.24) is 4.90 Å². The number of para-hydroxylation sites is 1. The molecule has 0 aromatic heterocycles. The number of likely N-dealkylation sites (tertiary alicyclic amines) is 1. The summed E-state index contributed by atoms with van der Waals surface area (Å²) in [6.07, 6.45) is 2.24. The number of hydrogen-bond donors (Lipinski definition) is 0. The number of fused-ring (bicyclic) bond motifs is 2. The number of amides is 1. The molecule has 1 aliphatic carbocycles. The molecule has 1 spiro atoms. The number of carbonyl (C=O) groups is 2. The summed E-state index contributed by atoms with van der Waals surface area (Å²) >= 11 is 3.62. The highest BCUT2D eigenvalue weighted by atomic mass is 79.9. The molecule has 1 aliphatic heterocycles. The number of esters is 1. The average Bonchev–Trinajstić information content (AvgIpc) is 3.07. The van der Waals surface area contributed by atoms with Gasteiger partial charge in [-0.25, -0.2) is 4.79 Å². The molecule has 0 saturated carbocycles. The zero-order valence-corrected chi connectivity index (χ0v) is 21.6. The van der Waals surface area contributed by atoms with Crippen molar-refractivity contribution in [2.45, 2.75) is 64.1 Å². The molecule has 1 atom stereocenters. The van der Waals surface area contributed by atoms with Crippen molar-refractivity contribution < 1.29 is 23.8 Å². The third-order valence-corrected chi connectivity index (χ3v) is 7.20.